The Balaban J connectivity index is 2.56. The molecular formula is C15H21N3O3. The van der Waals surface area contributed by atoms with Crippen molar-refractivity contribution in [3.63, 3.8) is 0 Å². The van der Waals surface area contributed by atoms with Crippen molar-refractivity contribution < 1.29 is 14.7 Å². The second-order valence-electron chi connectivity index (χ2n) is 5.54. The van der Waals surface area contributed by atoms with Gasteiger partial charge in [0.2, 0.25) is 0 Å². The van der Waals surface area contributed by atoms with Gasteiger partial charge in [-0.15, -0.1) is 0 Å². The highest BCUT2D eigenvalue weighted by molar-refractivity contribution is 6.00. The molecule has 6 nitrogen and oxygen atoms in total. The molecule has 2 rings (SSSR count). The number of carbonyl (C=O) groups excluding carboxylic acids is 1. The van der Waals surface area contributed by atoms with Gasteiger partial charge in [-0.3, -0.25) is 4.79 Å². The monoisotopic (exact) mass is 291 g/mol. The first kappa shape index (κ1) is 15.3. The number of hydrogen-bond acceptors (Lipinski definition) is 4. The molecule has 2 heterocycles. The largest absolute Gasteiger partial charge is 0.480 e. The van der Waals surface area contributed by atoms with Gasteiger partial charge >= 0.3 is 5.97 Å². The van der Waals surface area contributed by atoms with Crippen LogP contribution in [0.2, 0.25) is 0 Å². The van der Waals surface area contributed by atoms with Gasteiger partial charge in [-0.05, 0) is 38.3 Å². The van der Waals surface area contributed by atoms with Crippen molar-refractivity contribution in [1.82, 2.24) is 4.98 Å². The van der Waals surface area contributed by atoms with Gasteiger partial charge in [0.25, 0.3) is 5.91 Å². The van der Waals surface area contributed by atoms with E-state index in [1.54, 1.807) is 17.9 Å². The summed E-state index contributed by atoms with van der Waals surface area (Å²) in [5, 5.41) is 9.48. The van der Waals surface area contributed by atoms with Crippen LogP contribution in [0.15, 0.2) is 6.07 Å². The van der Waals surface area contributed by atoms with Gasteiger partial charge in [0, 0.05) is 12.2 Å². The van der Waals surface area contributed by atoms with Crippen molar-refractivity contribution in [2.45, 2.75) is 45.6 Å². The number of anilines is 1. The molecule has 1 atom stereocenters. The number of aryl methyl sites for hydroxylation is 2. The van der Waals surface area contributed by atoms with E-state index in [9.17, 15) is 14.7 Å². The maximum atomic E-state index is 11.8. The van der Waals surface area contributed by atoms with Crippen LogP contribution in [0.3, 0.4) is 0 Å². The number of carboxylic acids is 1. The molecule has 1 amide bonds. The van der Waals surface area contributed by atoms with E-state index >= 15 is 0 Å². The summed E-state index contributed by atoms with van der Waals surface area (Å²) in [6.45, 7) is 4.20. The summed E-state index contributed by atoms with van der Waals surface area (Å²) in [5.74, 6) is -1.04. The van der Waals surface area contributed by atoms with Gasteiger partial charge in [0.05, 0.1) is 5.56 Å². The first-order valence-corrected chi connectivity index (χ1v) is 7.19. The maximum absolute atomic E-state index is 11.8. The van der Waals surface area contributed by atoms with Crippen LogP contribution < -0.4 is 10.6 Å². The topological polar surface area (TPSA) is 96.5 Å². The number of hydrogen-bond donors (Lipinski definition) is 2. The van der Waals surface area contributed by atoms with Crippen LogP contribution in [0.1, 0.15) is 47.3 Å². The number of nitrogens with zero attached hydrogens (tertiary/aromatic N) is 2. The molecule has 1 aromatic rings. The molecule has 6 heteroatoms. The van der Waals surface area contributed by atoms with Gasteiger partial charge in [0.15, 0.2) is 0 Å². The van der Waals surface area contributed by atoms with Gasteiger partial charge in [0.1, 0.15) is 11.9 Å². The summed E-state index contributed by atoms with van der Waals surface area (Å²) in [4.78, 5) is 29.5. The Hall–Kier alpha value is -2.11. The number of primary amides is 1. The van der Waals surface area contributed by atoms with E-state index in [1.807, 2.05) is 6.92 Å². The second-order valence-corrected chi connectivity index (χ2v) is 5.54. The van der Waals surface area contributed by atoms with Crippen molar-refractivity contribution in [3.05, 3.63) is 22.9 Å². The molecule has 1 fully saturated rings. The van der Waals surface area contributed by atoms with Crippen molar-refractivity contribution in [1.29, 1.82) is 0 Å². The quantitative estimate of drug-likeness (QED) is 0.882. The van der Waals surface area contributed by atoms with Gasteiger partial charge in [-0.25, -0.2) is 9.78 Å². The Morgan fingerprint density at radius 1 is 1.33 bits per heavy atom. The zero-order valence-electron chi connectivity index (χ0n) is 12.4. The molecule has 1 saturated heterocycles. The van der Waals surface area contributed by atoms with Crippen LogP contribution in [-0.2, 0) is 4.79 Å². The van der Waals surface area contributed by atoms with Crippen molar-refractivity contribution in [3.8, 4) is 0 Å². The van der Waals surface area contributed by atoms with Crippen LogP contribution in [0.25, 0.3) is 0 Å². The third-order valence-electron chi connectivity index (χ3n) is 3.88. The van der Waals surface area contributed by atoms with Crippen LogP contribution in [0, 0.1) is 13.8 Å². The highest BCUT2D eigenvalue weighted by Crippen LogP contribution is 2.28. The predicted octanol–water partition coefficient (Wildman–Crippen LogP) is 1.63. The minimum atomic E-state index is -0.881. The highest BCUT2D eigenvalue weighted by Gasteiger charge is 2.31. The molecule has 1 aliphatic rings. The molecule has 114 valence electrons. The standard InChI is InChI=1S/C15H21N3O3/c1-9-8-10(2)17-14(12(9)13(16)19)18-7-5-3-4-6-11(18)15(20)21/h8,11H,3-7H2,1-2H3,(H2,16,19)(H,20,21). The molecule has 0 saturated carbocycles. The lowest BCUT2D eigenvalue weighted by Crippen LogP contribution is -2.42. The van der Waals surface area contributed by atoms with E-state index in [0.717, 1.165) is 30.5 Å². The number of rotatable bonds is 3. The summed E-state index contributed by atoms with van der Waals surface area (Å²) < 4.78 is 0. The molecular weight excluding hydrogens is 270 g/mol. The summed E-state index contributed by atoms with van der Waals surface area (Å²) in [6, 6.07) is 1.14. The SMILES string of the molecule is Cc1cc(C)c(C(N)=O)c(N2CCCCCC2C(=O)O)n1. The molecule has 21 heavy (non-hydrogen) atoms. The first-order chi connectivity index (χ1) is 9.91. The lowest BCUT2D eigenvalue weighted by molar-refractivity contribution is -0.138. The smallest absolute Gasteiger partial charge is 0.326 e. The summed E-state index contributed by atoms with van der Waals surface area (Å²) in [5.41, 5.74) is 7.29. The normalized spacial score (nSPS) is 19.1. The molecule has 1 aliphatic heterocycles. The second kappa shape index (κ2) is 6.11. The highest BCUT2D eigenvalue weighted by atomic mass is 16.4. The van der Waals surface area contributed by atoms with Gasteiger partial charge in [-0.1, -0.05) is 12.8 Å². The zero-order chi connectivity index (χ0) is 15.6. The maximum Gasteiger partial charge on any atom is 0.326 e. The molecule has 0 aromatic carbocycles. The van der Waals surface area contributed by atoms with Crippen LogP contribution >= 0.6 is 0 Å². The van der Waals surface area contributed by atoms with Gasteiger partial charge < -0.3 is 15.7 Å². The fourth-order valence-electron chi connectivity index (χ4n) is 2.95. The van der Waals surface area contributed by atoms with E-state index in [0.29, 0.717) is 24.3 Å². The summed E-state index contributed by atoms with van der Waals surface area (Å²) >= 11 is 0. The summed E-state index contributed by atoms with van der Waals surface area (Å²) in [6.07, 6.45) is 3.29. The third-order valence-corrected chi connectivity index (χ3v) is 3.88. The minimum Gasteiger partial charge on any atom is -0.480 e. The van der Waals surface area contributed by atoms with Crippen LogP contribution in [0.5, 0.6) is 0 Å². The number of carboxylic acid groups (broad SMARTS) is 1. The van der Waals surface area contributed by atoms with Crippen molar-refractivity contribution in [2.75, 3.05) is 11.4 Å². The Kier molecular flexibility index (Phi) is 4.45. The van der Waals surface area contributed by atoms with E-state index in [4.69, 9.17) is 5.73 Å². The fraction of sp³-hybridized carbons (Fsp3) is 0.533. The average Bonchev–Trinajstić information content (AvgIpc) is 2.62. The lowest BCUT2D eigenvalue weighted by Gasteiger charge is -2.30. The zero-order valence-corrected chi connectivity index (χ0v) is 12.4. The average molecular weight is 291 g/mol. The summed E-state index contributed by atoms with van der Waals surface area (Å²) in [7, 11) is 0. The molecule has 0 radical (unpaired) electrons. The fourth-order valence-corrected chi connectivity index (χ4v) is 2.95. The Bertz CT molecular complexity index is 572. The lowest BCUT2D eigenvalue weighted by atomic mass is 10.1. The Morgan fingerprint density at radius 2 is 2.05 bits per heavy atom. The molecule has 0 bridgehead atoms. The molecule has 3 N–H and O–H groups in total. The molecule has 0 spiro atoms. The first-order valence-electron chi connectivity index (χ1n) is 7.19. The van der Waals surface area contributed by atoms with Crippen LogP contribution in [0.4, 0.5) is 5.82 Å². The number of amides is 1. The van der Waals surface area contributed by atoms with Crippen molar-refractivity contribution in [2.24, 2.45) is 5.73 Å². The van der Waals surface area contributed by atoms with Crippen molar-refractivity contribution >= 4 is 17.7 Å². The number of carbonyl (C=O) groups is 2. The third kappa shape index (κ3) is 3.15. The van der Waals surface area contributed by atoms with E-state index < -0.39 is 17.9 Å². The number of aliphatic carboxylic acids is 1. The van der Waals surface area contributed by atoms with Gasteiger partial charge in [-0.2, -0.15) is 0 Å². The number of nitrogens with two attached hydrogens (primary N) is 1. The number of pyridine rings is 1. The predicted molar refractivity (Wildman–Crippen MR) is 79.5 cm³/mol. The van der Waals surface area contributed by atoms with E-state index in [2.05, 4.69) is 4.98 Å². The van der Waals surface area contributed by atoms with E-state index in [1.165, 1.54) is 0 Å². The molecule has 1 aromatic heterocycles. The Morgan fingerprint density at radius 3 is 2.67 bits per heavy atom. The molecule has 1 unspecified atom stereocenters. The minimum absolute atomic E-state index is 0.328. The van der Waals surface area contributed by atoms with Crippen LogP contribution in [-0.4, -0.2) is 34.6 Å². The van der Waals surface area contributed by atoms with E-state index in [-0.39, 0.29) is 0 Å². The number of aromatic nitrogens is 1. The molecule has 0 aliphatic carbocycles. The Labute approximate surface area is 124 Å².